The Balaban J connectivity index is 3.06. The Morgan fingerprint density at radius 1 is 1.54 bits per heavy atom. The summed E-state index contributed by atoms with van der Waals surface area (Å²) in [7, 11) is 0. The van der Waals surface area contributed by atoms with Gasteiger partial charge in [0.1, 0.15) is 5.60 Å². The van der Waals surface area contributed by atoms with Crippen LogP contribution in [0.3, 0.4) is 0 Å². The Morgan fingerprint density at radius 2 is 2.23 bits per heavy atom. The monoisotopic (exact) mass is 192 g/mol. The van der Waals surface area contributed by atoms with Crippen molar-refractivity contribution in [3.8, 4) is 0 Å². The molecule has 4 heteroatoms. The first-order valence-electron chi connectivity index (χ1n) is 6.98. The third kappa shape index (κ3) is 3.63. The van der Waals surface area contributed by atoms with Gasteiger partial charge in [-0.15, -0.1) is 0 Å². The minimum absolute atomic E-state index is 0.439. The van der Waals surface area contributed by atoms with E-state index in [2.05, 4.69) is 0 Å². The number of nitrogens with one attached hydrogen (secondary N) is 1. The lowest BCUT2D eigenvalue weighted by Crippen LogP contribution is -2.48. The number of carbonyl (C=O) groups excluding carboxylic acids is 1. The number of carbonyl (C=O) groups is 1. The molecule has 0 aromatic heterocycles. The summed E-state index contributed by atoms with van der Waals surface area (Å²) in [4.78, 5) is 12.3. The highest BCUT2D eigenvalue weighted by molar-refractivity contribution is 5.68. The third-order valence-electron chi connectivity index (χ3n) is 1.19. The zero-order valence-electron chi connectivity index (χ0n) is 14.0. The molecule has 0 radical (unpaired) electrons. The van der Waals surface area contributed by atoms with E-state index in [0.717, 1.165) is 0 Å². The van der Waals surface area contributed by atoms with Gasteiger partial charge in [0.05, 0.1) is 2.74 Å². The van der Waals surface area contributed by atoms with Crippen LogP contribution in [0.4, 0.5) is 4.79 Å². The van der Waals surface area contributed by atoms with E-state index in [9.17, 15) is 4.79 Å². The lowest BCUT2D eigenvalue weighted by Gasteiger charge is -2.30. The smallest absolute Gasteiger partial charge is 0.410 e. The number of piperazine rings is 1. The van der Waals surface area contributed by atoms with Crippen molar-refractivity contribution in [3.05, 3.63) is 0 Å². The number of hydrogen-bond acceptors (Lipinski definition) is 3. The van der Waals surface area contributed by atoms with Crippen LogP contribution >= 0.6 is 0 Å². The summed E-state index contributed by atoms with van der Waals surface area (Å²) >= 11 is 0. The molecule has 1 fully saturated rings. The number of ether oxygens (including phenoxy) is 1. The molecule has 0 aliphatic carbocycles. The molecular formula is C9H18N2O2. The standard InChI is InChI=1S/C9H18N2O2/c1-9(2,3)13-8(12)11-6-4-10-5-7-11/h10H,4-7H2,1-3H3/i4D2,5D2,6D2. The first-order chi connectivity index (χ1) is 8.18. The van der Waals surface area contributed by atoms with E-state index in [1.165, 1.54) is 0 Å². The minimum Gasteiger partial charge on any atom is -0.444 e. The largest absolute Gasteiger partial charge is 0.444 e. The molecular weight excluding hydrogens is 168 g/mol. The molecule has 0 spiro atoms. The molecule has 0 saturated carbocycles. The van der Waals surface area contributed by atoms with E-state index < -0.39 is 37.7 Å². The molecule has 1 N–H and O–H groups in total. The van der Waals surface area contributed by atoms with Gasteiger partial charge in [0.15, 0.2) is 0 Å². The van der Waals surface area contributed by atoms with Gasteiger partial charge in [0.25, 0.3) is 0 Å². The van der Waals surface area contributed by atoms with Crippen molar-refractivity contribution in [2.45, 2.75) is 26.4 Å². The van der Waals surface area contributed by atoms with E-state index >= 15 is 0 Å². The van der Waals surface area contributed by atoms with E-state index in [0.29, 0.717) is 4.90 Å². The van der Waals surface area contributed by atoms with Crippen molar-refractivity contribution in [1.29, 1.82) is 0 Å². The lowest BCUT2D eigenvalue weighted by molar-refractivity contribution is 0.0229. The molecule has 1 aliphatic heterocycles. The first kappa shape index (κ1) is 4.64. The molecule has 0 atom stereocenters. The topological polar surface area (TPSA) is 41.6 Å². The van der Waals surface area contributed by atoms with Gasteiger partial charge in [0, 0.05) is 31.5 Å². The molecule has 0 aromatic carbocycles. The lowest BCUT2D eigenvalue weighted by atomic mass is 10.2. The summed E-state index contributed by atoms with van der Waals surface area (Å²) in [6, 6.07) is 0. The van der Waals surface area contributed by atoms with Gasteiger partial charge in [0.2, 0.25) is 0 Å². The van der Waals surface area contributed by atoms with Gasteiger partial charge in [-0.1, -0.05) is 0 Å². The average molecular weight is 192 g/mol. The number of amides is 1. The molecule has 0 bridgehead atoms. The Bertz CT molecular complexity index is 379. The van der Waals surface area contributed by atoms with Gasteiger partial charge in [-0.3, -0.25) is 0 Å². The van der Waals surface area contributed by atoms with Gasteiger partial charge in [-0.25, -0.2) is 4.79 Å². The van der Waals surface area contributed by atoms with Gasteiger partial charge >= 0.3 is 6.09 Å². The number of nitrogens with zero attached hydrogens (tertiary/aromatic N) is 1. The fraction of sp³-hybridized carbons (Fsp3) is 0.889. The highest BCUT2D eigenvalue weighted by Gasteiger charge is 2.22. The van der Waals surface area contributed by atoms with Crippen LogP contribution in [0.2, 0.25) is 0 Å². The van der Waals surface area contributed by atoms with Gasteiger partial charge in [-0.2, -0.15) is 0 Å². The zero-order chi connectivity index (χ0) is 15.3. The fourth-order valence-corrected chi connectivity index (χ4v) is 0.725. The maximum atomic E-state index is 11.9. The van der Waals surface area contributed by atoms with Crippen molar-refractivity contribution in [2.24, 2.45) is 0 Å². The summed E-state index contributed by atoms with van der Waals surface area (Å²) in [5.41, 5.74) is -0.878. The van der Waals surface area contributed by atoms with E-state index in [4.69, 9.17) is 13.0 Å². The Labute approximate surface area is 87.7 Å². The molecule has 1 heterocycles. The second-order valence-corrected chi connectivity index (χ2v) is 3.61. The highest BCUT2D eigenvalue weighted by Crippen LogP contribution is 2.09. The predicted molar refractivity (Wildman–Crippen MR) is 50.7 cm³/mol. The minimum atomic E-state index is -2.73. The van der Waals surface area contributed by atoms with Crippen LogP contribution < -0.4 is 5.32 Å². The predicted octanol–water partition coefficient (Wildman–Crippen LogP) is 0.827. The zero-order valence-corrected chi connectivity index (χ0v) is 7.97. The van der Waals surface area contributed by atoms with Crippen LogP contribution in [0.25, 0.3) is 0 Å². The van der Waals surface area contributed by atoms with Crippen LogP contribution in [-0.2, 0) is 4.74 Å². The maximum absolute atomic E-state index is 11.9. The Morgan fingerprint density at radius 3 is 2.85 bits per heavy atom. The van der Waals surface area contributed by atoms with Gasteiger partial charge < -0.3 is 15.0 Å². The number of rotatable bonds is 0. The van der Waals surface area contributed by atoms with E-state index in [-0.39, 0.29) is 0 Å². The summed E-state index contributed by atoms with van der Waals surface area (Å²) in [5.74, 6) is 0. The second-order valence-electron chi connectivity index (χ2n) is 3.61. The normalized spacial score (nSPS) is 37.0. The van der Waals surface area contributed by atoms with Crippen LogP contribution in [0.1, 0.15) is 29.0 Å². The molecule has 1 saturated heterocycles. The van der Waals surface area contributed by atoms with Crippen LogP contribution in [0, 0.1) is 0 Å². The van der Waals surface area contributed by atoms with E-state index in [1.54, 1.807) is 20.8 Å². The van der Waals surface area contributed by atoms with Crippen LogP contribution in [0.15, 0.2) is 0 Å². The Hall–Kier alpha value is -0.770. The van der Waals surface area contributed by atoms with Crippen molar-refractivity contribution in [2.75, 3.05) is 26.0 Å². The van der Waals surface area contributed by atoms with Crippen molar-refractivity contribution < 1.29 is 17.8 Å². The number of hydrogen-bond donors (Lipinski definition) is 1. The summed E-state index contributed by atoms with van der Waals surface area (Å²) in [6.07, 6.45) is -1.09. The molecule has 0 aromatic rings. The third-order valence-corrected chi connectivity index (χ3v) is 1.19. The maximum Gasteiger partial charge on any atom is 0.410 e. The molecule has 1 amide bonds. The van der Waals surface area contributed by atoms with Crippen molar-refractivity contribution in [3.63, 3.8) is 0 Å². The highest BCUT2D eigenvalue weighted by atomic mass is 16.6. The molecule has 1 rings (SSSR count). The first-order valence-corrected chi connectivity index (χ1v) is 3.98. The molecule has 0 unspecified atom stereocenters. The molecule has 13 heavy (non-hydrogen) atoms. The summed E-state index contributed by atoms with van der Waals surface area (Å²) in [5, 5.41) is 1.91. The summed E-state index contributed by atoms with van der Waals surface area (Å²) < 4.78 is 50.4. The molecule has 76 valence electrons. The molecule has 4 nitrogen and oxygen atoms in total. The quantitative estimate of drug-likeness (QED) is 0.618. The van der Waals surface area contributed by atoms with Crippen molar-refractivity contribution >= 4 is 6.09 Å². The van der Waals surface area contributed by atoms with Crippen molar-refractivity contribution in [1.82, 2.24) is 10.2 Å². The second kappa shape index (κ2) is 3.96. The van der Waals surface area contributed by atoms with Gasteiger partial charge in [-0.05, 0) is 20.8 Å². The average Bonchev–Trinajstić information content (AvgIpc) is 2.07. The fourth-order valence-electron chi connectivity index (χ4n) is 0.725. The van der Waals surface area contributed by atoms with Crippen LogP contribution in [-0.4, -0.2) is 42.6 Å². The summed E-state index contributed by atoms with van der Waals surface area (Å²) in [6.45, 7) is -3.57. The molecule has 1 aliphatic rings. The van der Waals surface area contributed by atoms with E-state index in [1.807, 2.05) is 5.32 Å². The Kier molecular flexibility index (Phi) is 1.41. The van der Waals surface area contributed by atoms with Crippen LogP contribution in [0.5, 0.6) is 0 Å². The SMILES string of the molecule is [2H]C1([2H])CN(C(=O)OC(C)(C)C)C([2H])([2H])C([2H])([2H])N1.